The SMILES string of the molecule is Cc1ccc(C(=O)Nc2ccc3c(c2)N(Cc2ccc(Br)cc2)C(=O)CO3)cc1C. The molecule has 1 heterocycles. The number of nitrogens with zero attached hydrogens (tertiary/aromatic N) is 1. The number of rotatable bonds is 4. The van der Waals surface area contributed by atoms with Crippen LogP contribution < -0.4 is 15.0 Å². The summed E-state index contributed by atoms with van der Waals surface area (Å²) in [6.07, 6.45) is 0. The minimum absolute atomic E-state index is 0.00211. The van der Waals surface area contributed by atoms with Crippen LogP contribution in [0.4, 0.5) is 11.4 Å². The molecule has 0 saturated carbocycles. The Morgan fingerprint density at radius 1 is 1.03 bits per heavy atom. The Balaban J connectivity index is 1.59. The summed E-state index contributed by atoms with van der Waals surface area (Å²) < 4.78 is 6.57. The molecule has 0 unspecified atom stereocenters. The van der Waals surface area contributed by atoms with Crippen molar-refractivity contribution in [1.82, 2.24) is 0 Å². The molecule has 0 bridgehead atoms. The summed E-state index contributed by atoms with van der Waals surface area (Å²) in [5.41, 5.74) is 5.05. The number of anilines is 2. The summed E-state index contributed by atoms with van der Waals surface area (Å²) in [5.74, 6) is 0.305. The van der Waals surface area contributed by atoms with Crippen LogP contribution in [-0.2, 0) is 11.3 Å². The summed E-state index contributed by atoms with van der Waals surface area (Å²) in [6, 6.07) is 18.8. The van der Waals surface area contributed by atoms with Gasteiger partial charge in [0.05, 0.1) is 12.2 Å². The van der Waals surface area contributed by atoms with Crippen molar-refractivity contribution in [3.8, 4) is 5.75 Å². The Bertz CT molecular complexity index is 1130. The predicted molar refractivity (Wildman–Crippen MR) is 121 cm³/mol. The molecule has 0 radical (unpaired) electrons. The number of benzene rings is 3. The van der Waals surface area contributed by atoms with E-state index in [9.17, 15) is 9.59 Å². The van der Waals surface area contributed by atoms with Gasteiger partial charge in [0.15, 0.2) is 6.61 Å². The number of ether oxygens (including phenoxy) is 1. The summed E-state index contributed by atoms with van der Waals surface area (Å²) in [4.78, 5) is 26.9. The van der Waals surface area contributed by atoms with E-state index in [1.807, 2.05) is 56.3 Å². The molecule has 1 N–H and O–H groups in total. The van der Waals surface area contributed by atoms with E-state index < -0.39 is 0 Å². The zero-order valence-corrected chi connectivity index (χ0v) is 18.3. The largest absolute Gasteiger partial charge is 0.482 e. The van der Waals surface area contributed by atoms with Crippen LogP contribution in [0.1, 0.15) is 27.0 Å². The molecule has 2 amide bonds. The lowest BCUT2D eigenvalue weighted by Crippen LogP contribution is -2.38. The number of carbonyl (C=O) groups excluding carboxylic acids is 2. The monoisotopic (exact) mass is 464 g/mol. The maximum Gasteiger partial charge on any atom is 0.265 e. The normalized spacial score (nSPS) is 12.9. The summed E-state index contributed by atoms with van der Waals surface area (Å²) in [5, 5.41) is 2.92. The lowest BCUT2D eigenvalue weighted by molar-refractivity contribution is -0.121. The van der Waals surface area contributed by atoms with E-state index in [0.29, 0.717) is 29.2 Å². The highest BCUT2D eigenvalue weighted by atomic mass is 79.9. The molecule has 4 rings (SSSR count). The van der Waals surface area contributed by atoms with Crippen molar-refractivity contribution >= 4 is 39.1 Å². The number of amides is 2. The Morgan fingerprint density at radius 3 is 2.53 bits per heavy atom. The first-order valence-electron chi connectivity index (χ1n) is 9.61. The molecular formula is C24H21BrN2O3. The number of fused-ring (bicyclic) bond motifs is 1. The molecule has 30 heavy (non-hydrogen) atoms. The molecule has 0 aromatic heterocycles. The van der Waals surface area contributed by atoms with Gasteiger partial charge in [-0.15, -0.1) is 0 Å². The molecule has 0 atom stereocenters. The number of halogens is 1. The second-order valence-corrected chi connectivity index (χ2v) is 8.25. The first-order chi connectivity index (χ1) is 14.4. The van der Waals surface area contributed by atoms with Gasteiger partial charge < -0.3 is 15.0 Å². The van der Waals surface area contributed by atoms with Gasteiger partial charge in [-0.2, -0.15) is 0 Å². The quantitative estimate of drug-likeness (QED) is 0.573. The minimum atomic E-state index is -0.194. The molecule has 3 aromatic carbocycles. The molecule has 0 spiro atoms. The molecule has 0 aliphatic carbocycles. The Hall–Kier alpha value is -3.12. The molecular weight excluding hydrogens is 444 g/mol. The van der Waals surface area contributed by atoms with Gasteiger partial charge in [-0.05, 0) is 73.0 Å². The van der Waals surface area contributed by atoms with Gasteiger partial charge in [-0.25, -0.2) is 0 Å². The van der Waals surface area contributed by atoms with Crippen molar-refractivity contribution in [3.63, 3.8) is 0 Å². The standard InChI is InChI=1S/C24H21BrN2O3/c1-15-3-6-18(11-16(15)2)24(29)26-20-9-10-22-21(12-20)27(23(28)14-30-22)13-17-4-7-19(25)8-5-17/h3-12H,13-14H2,1-2H3,(H,26,29). The van der Waals surface area contributed by atoms with Gasteiger partial charge in [0.1, 0.15) is 5.75 Å². The average Bonchev–Trinajstić information content (AvgIpc) is 2.73. The fraction of sp³-hybridized carbons (Fsp3) is 0.167. The lowest BCUT2D eigenvalue weighted by Gasteiger charge is -2.30. The molecule has 0 saturated heterocycles. The van der Waals surface area contributed by atoms with Crippen LogP contribution in [0.2, 0.25) is 0 Å². The second-order valence-electron chi connectivity index (χ2n) is 7.33. The number of hydrogen-bond donors (Lipinski definition) is 1. The van der Waals surface area contributed by atoms with Crippen molar-refractivity contribution in [1.29, 1.82) is 0 Å². The fourth-order valence-corrected chi connectivity index (χ4v) is 3.58. The summed E-state index contributed by atoms with van der Waals surface area (Å²) in [7, 11) is 0. The van der Waals surface area contributed by atoms with Gasteiger partial charge in [-0.3, -0.25) is 9.59 Å². The van der Waals surface area contributed by atoms with Crippen LogP contribution in [0.25, 0.3) is 0 Å². The van der Waals surface area contributed by atoms with E-state index in [1.165, 1.54) is 0 Å². The van der Waals surface area contributed by atoms with Gasteiger partial charge in [0.25, 0.3) is 11.8 Å². The zero-order chi connectivity index (χ0) is 21.3. The molecule has 152 valence electrons. The molecule has 1 aliphatic rings. The Labute approximate surface area is 183 Å². The van der Waals surface area contributed by atoms with Gasteiger partial charge in [-0.1, -0.05) is 34.1 Å². The van der Waals surface area contributed by atoms with Crippen LogP contribution in [-0.4, -0.2) is 18.4 Å². The molecule has 0 fully saturated rings. The molecule has 5 nitrogen and oxygen atoms in total. The van der Waals surface area contributed by atoms with Gasteiger partial charge in [0, 0.05) is 15.7 Å². The van der Waals surface area contributed by atoms with E-state index in [4.69, 9.17) is 4.74 Å². The summed E-state index contributed by atoms with van der Waals surface area (Å²) >= 11 is 3.43. The molecule has 1 aliphatic heterocycles. The first-order valence-corrected chi connectivity index (χ1v) is 10.4. The highest BCUT2D eigenvalue weighted by Gasteiger charge is 2.26. The second kappa shape index (κ2) is 8.32. The third-order valence-corrected chi connectivity index (χ3v) is 5.71. The van der Waals surface area contributed by atoms with Crippen LogP contribution in [0.5, 0.6) is 5.75 Å². The average molecular weight is 465 g/mol. The maximum atomic E-state index is 12.7. The number of nitrogens with one attached hydrogen (secondary N) is 1. The zero-order valence-electron chi connectivity index (χ0n) is 16.7. The minimum Gasteiger partial charge on any atom is -0.482 e. The van der Waals surface area contributed by atoms with Crippen molar-refractivity contribution < 1.29 is 14.3 Å². The van der Waals surface area contributed by atoms with E-state index in [-0.39, 0.29) is 18.4 Å². The lowest BCUT2D eigenvalue weighted by atomic mass is 10.1. The smallest absolute Gasteiger partial charge is 0.265 e. The third kappa shape index (κ3) is 4.24. The van der Waals surface area contributed by atoms with E-state index in [0.717, 1.165) is 21.2 Å². The van der Waals surface area contributed by atoms with E-state index >= 15 is 0 Å². The molecule has 3 aromatic rings. The predicted octanol–water partition coefficient (Wildman–Crippen LogP) is 5.24. The van der Waals surface area contributed by atoms with Crippen LogP contribution >= 0.6 is 15.9 Å². The van der Waals surface area contributed by atoms with Gasteiger partial charge >= 0.3 is 0 Å². The highest BCUT2D eigenvalue weighted by molar-refractivity contribution is 9.10. The maximum absolute atomic E-state index is 12.7. The number of hydrogen-bond acceptors (Lipinski definition) is 3. The van der Waals surface area contributed by atoms with Crippen molar-refractivity contribution in [3.05, 3.63) is 87.4 Å². The number of aryl methyl sites for hydroxylation is 2. The van der Waals surface area contributed by atoms with Crippen molar-refractivity contribution in [2.45, 2.75) is 20.4 Å². The van der Waals surface area contributed by atoms with Gasteiger partial charge in [0.2, 0.25) is 0 Å². The fourth-order valence-electron chi connectivity index (χ4n) is 3.31. The van der Waals surface area contributed by atoms with Crippen LogP contribution in [0.3, 0.4) is 0 Å². The Morgan fingerprint density at radius 2 is 1.80 bits per heavy atom. The first kappa shape index (κ1) is 20.2. The van der Waals surface area contributed by atoms with Crippen LogP contribution in [0, 0.1) is 13.8 Å². The topological polar surface area (TPSA) is 58.6 Å². The van der Waals surface area contributed by atoms with Crippen LogP contribution in [0.15, 0.2) is 65.1 Å². The summed E-state index contributed by atoms with van der Waals surface area (Å²) in [6.45, 7) is 4.42. The Kier molecular flexibility index (Phi) is 5.59. The van der Waals surface area contributed by atoms with Crippen molar-refractivity contribution in [2.24, 2.45) is 0 Å². The van der Waals surface area contributed by atoms with E-state index in [2.05, 4.69) is 21.2 Å². The van der Waals surface area contributed by atoms with Crippen molar-refractivity contribution in [2.75, 3.05) is 16.8 Å². The highest BCUT2D eigenvalue weighted by Crippen LogP contribution is 2.35. The number of carbonyl (C=O) groups is 2. The van der Waals surface area contributed by atoms with E-state index in [1.54, 1.807) is 23.1 Å². The third-order valence-electron chi connectivity index (χ3n) is 5.18. The molecule has 6 heteroatoms.